The van der Waals surface area contributed by atoms with E-state index < -0.39 is 5.41 Å². The molecule has 0 unspecified atom stereocenters. The Labute approximate surface area is 201 Å². The molecule has 34 heavy (non-hydrogen) atoms. The van der Waals surface area contributed by atoms with Gasteiger partial charge in [0.05, 0.1) is 0 Å². The number of Topliss-reactive ketones (excluding diaryl/α,β-unsaturated/α-hetero) is 1. The third-order valence-corrected chi connectivity index (χ3v) is 7.62. The normalized spacial score (nSPS) is 23.0. The summed E-state index contributed by atoms with van der Waals surface area (Å²) < 4.78 is 2.04. The second-order valence-corrected chi connectivity index (χ2v) is 11.4. The molecule has 4 rings (SSSR count). The predicted molar refractivity (Wildman–Crippen MR) is 133 cm³/mol. The van der Waals surface area contributed by atoms with Gasteiger partial charge >= 0.3 is 0 Å². The zero-order chi connectivity index (χ0) is 24.6. The lowest BCUT2D eigenvalue weighted by atomic mass is 9.80. The van der Waals surface area contributed by atoms with E-state index >= 15 is 0 Å². The molecule has 9 heteroatoms. The van der Waals surface area contributed by atoms with Crippen LogP contribution in [0.3, 0.4) is 0 Å². The summed E-state index contributed by atoms with van der Waals surface area (Å²) in [7, 11) is 0. The van der Waals surface area contributed by atoms with Crippen LogP contribution in [-0.2, 0) is 6.54 Å². The first-order valence-electron chi connectivity index (χ1n) is 12.7. The van der Waals surface area contributed by atoms with Gasteiger partial charge in [-0.15, -0.1) is 0 Å². The number of imidazole rings is 1. The molecule has 2 heterocycles. The van der Waals surface area contributed by atoms with Gasteiger partial charge in [0, 0.05) is 18.0 Å². The number of anilines is 1. The number of rotatable bonds is 7. The molecule has 0 saturated heterocycles. The molecule has 0 amide bonds. The van der Waals surface area contributed by atoms with Crippen molar-refractivity contribution in [2.24, 2.45) is 34.1 Å². The van der Waals surface area contributed by atoms with Gasteiger partial charge in [-0.05, 0) is 50.4 Å². The van der Waals surface area contributed by atoms with Crippen LogP contribution < -0.4 is 11.1 Å². The van der Waals surface area contributed by atoms with Crippen LogP contribution in [0, 0.1) is 23.2 Å². The Kier molecular flexibility index (Phi) is 6.82. The molecule has 2 fully saturated rings. The second kappa shape index (κ2) is 9.50. The molecule has 1 atom stereocenters. The van der Waals surface area contributed by atoms with E-state index in [-0.39, 0.29) is 23.5 Å². The van der Waals surface area contributed by atoms with Gasteiger partial charge in [0.25, 0.3) is 0 Å². The Morgan fingerprint density at radius 1 is 1.18 bits per heavy atom. The molecule has 0 aromatic carbocycles. The Morgan fingerprint density at radius 2 is 1.85 bits per heavy atom. The number of hydrogen-bond acceptors (Lipinski definition) is 7. The van der Waals surface area contributed by atoms with E-state index in [2.05, 4.69) is 34.3 Å². The van der Waals surface area contributed by atoms with E-state index in [0.717, 1.165) is 24.3 Å². The fourth-order valence-electron chi connectivity index (χ4n) is 5.03. The summed E-state index contributed by atoms with van der Waals surface area (Å²) in [6.07, 6.45) is 8.28. The lowest BCUT2D eigenvalue weighted by molar-refractivity contribution is 0.0840. The quantitative estimate of drug-likeness (QED) is 0.178. The number of fused-ring (bicyclic) bond motifs is 1. The van der Waals surface area contributed by atoms with Gasteiger partial charge in [0.1, 0.15) is 5.52 Å². The number of nitrogens with two attached hydrogens (primary N) is 1. The summed E-state index contributed by atoms with van der Waals surface area (Å²) in [5.41, 5.74) is 6.40. The van der Waals surface area contributed by atoms with E-state index in [1.165, 1.54) is 32.1 Å². The number of oxime groups is 1. The van der Waals surface area contributed by atoms with Crippen molar-refractivity contribution in [3.05, 3.63) is 11.6 Å². The average molecular weight is 470 g/mol. The first-order valence-corrected chi connectivity index (χ1v) is 12.7. The topological polar surface area (TPSA) is 131 Å². The van der Waals surface area contributed by atoms with Crippen molar-refractivity contribution >= 4 is 28.6 Å². The highest BCUT2D eigenvalue weighted by atomic mass is 16.4. The highest BCUT2D eigenvalue weighted by Gasteiger charge is 2.33. The van der Waals surface area contributed by atoms with Gasteiger partial charge in [-0.1, -0.05) is 52.1 Å². The summed E-state index contributed by atoms with van der Waals surface area (Å²) in [6, 6.07) is 0.202. The van der Waals surface area contributed by atoms with Crippen LogP contribution in [0.5, 0.6) is 0 Å². The molecule has 2 saturated carbocycles. The monoisotopic (exact) mass is 469 g/mol. The van der Waals surface area contributed by atoms with E-state index in [9.17, 15) is 10.0 Å². The molecule has 2 aliphatic rings. The van der Waals surface area contributed by atoms with Crippen molar-refractivity contribution in [3.63, 3.8) is 0 Å². The molecule has 0 bridgehead atoms. The highest BCUT2D eigenvalue weighted by molar-refractivity contribution is 6.02. The lowest BCUT2D eigenvalue weighted by Gasteiger charge is -2.32. The minimum absolute atomic E-state index is 0.0296. The molecule has 0 aliphatic heterocycles. The smallest absolute Gasteiger partial charge is 0.208 e. The Bertz CT molecular complexity index is 1070. The maximum Gasteiger partial charge on any atom is 0.208 e. The molecule has 0 radical (unpaired) electrons. The van der Waals surface area contributed by atoms with Crippen molar-refractivity contribution in [1.82, 2.24) is 19.5 Å². The molecule has 2 aromatic rings. The molecule has 9 nitrogen and oxygen atoms in total. The Morgan fingerprint density at radius 3 is 2.41 bits per heavy atom. The number of carbonyl (C=O) groups excluding carboxylic acids is 1. The fraction of sp³-hybridized carbons (Fsp3) is 0.720. The largest absolute Gasteiger partial charge is 0.409 e. The van der Waals surface area contributed by atoms with Gasteiger partial charge < -0.3 is 20.8 Å². The first-order chi connectivity index (χ1) is 16.1. The summed E-state index contributed by atoms with van der Waals surface area (Å²) in [4.78, 5) is 27.3. The van der Waals surface area contributed by atoms with E-state index in [1.54, 1.807) is 0 Å². The highest BCUT2D eigenvalue weighted by Crippen LogP contribution is 2.35. The van der Waals surface area contributed by atoms with E-state index in [4.69, 9.17) is 10.7 Å². The van der Waals surface area contributed by atoms with Crippen molar-refractivity contribution < 1.29 is 10.0 Å². The maximum atomic E-state index is 13.5. The van der Waals surface area contributed by atoms with Crippen molar-refractivity contribution in [1.29, 1.82) is 0 Å². The van der Waals surface area contributed by atoms with Gasteiger partial charge in [-0.2, -0.15) is 0 Å². The van der Waals surface area contributed by atoms with Crippen molar-refractivity contribution in [3.8, 4) is 0 Å². The number of aromatic nitrogens is 4. The summed E-state index contributed by atoms with van der Waals surface area (Å²) in [5, 5.41) is 15.9. The van der Waals surface area contributed by atoms with Crippen LogP contribution in [0.4, 0.5) is 5.82 Å². The van der Waals surface area contributed by atoms with Gasteiger partial charge in [-0.3, -0.25) is 4.79 Å². The molecule has 2 aromatic heterocycles. The molecular weight excluding hydrogens is 430 g/mol. The predicted octanol–water partition coefficient (Wildman–Crippen LogP) is 4.58. The maximum absolute atomic E-state index is 13.5. The molecular formula is C25H39N7O2. The molecule has 4 N–H and O–H groups in total. The molecule has 0 spiro atoms. The van der Waals surface area contributed by atoms with Crippen LogP contribution >= 0.6 is 0 Å². The van der Waals surface area contributed by atoms with E-state index in [0.29, 0.717) is 35.7 Å². The van der Waals surface area contributed by atoms with Crippen LogP contribution in [0.1, 0.15) is 96.0 Å². The Balaban J connectivity index is 1.85. The summed E-state index contributed by atoms with van der Waals surface area (Å²) >= 11 is 0. The molecule has 186 valence electrons. The number of carbonyl (C=O) groups is 1. The van der Waals surface area contributed by atoms with Gasteiger partial charge in [0.15, 0.2) is 17.3 Å². The second-order valence-electron chi connectivity index (χ2n) is 11.4. The third kappa shape index (κ3) is 4.88. The fourth-order valence-corrected chi connectivity index (χ4v) is 5.03. The van der Waals surface area contributed by atoms with Crippen LogP contribution in [0.25, 0.3) is 11.2 Å². The van der Waals surface area contributed by atoms with Crippen LogP contribution in [0.15, 0.2) is 5.16 Å². The van der Waals surface area contributed by atoms with Crippen LogP contribution in [-0.4, -0.2) is 42.4 Å². The molecule has 2 aliphatic carbocycles. The summed E-state index contributed by atoms with van der Waals surface area (Å²) in [6.45, 7) is 10.9. The minimum atomic E-state index is -0.588. The first kappa shape index (κ1) is 24.4. The lowest BCUT2D eigenvalue weighted by Crippen LogP contribution is -2.32. The number of ketones is 1. The van der Waals surface area contributed by atoms with Crippen molar-refractivity contribution in [2.45, 2.75) is 92.2 Å². The minimum Gasteiger partial charge on any atom is -0.409 e. The summed E-state index contributed by atoms with van der Waals surface area (Å²) in [5.74, 6) is 2.69. The van der Waals surface area contributed by atoms with Crippen molar-refractivity contribution in [2.75, 3.05) is 5.32 Å². The SMILES string of the molecule is C[C@@H](Nc1nc(/C(N)=N/O)nc2nc(C(=O)C(C)(C)C)n(C[C@H]3CC[C@H](C)CC3)c12)C1CCC1. The zero-order valence-corrected chi connectivity index (χ0v) is 21.1. The zero-order valence-electron chi connectivity index (χ0n) is 21.1. The number of hydrogen-bond donors (Lipinski definition) is 3. The number of nitrogens with one attached hydrogen (secondary N) is 1. The average Bonchev–Trinajstić information content (AvgIpc) is 3.10. The van der Waals surface area contributed by atoms with Gasteiger partial charge in [-0.25, -0.2) is 15.0 Å². The number of amidine groups is 1. The number of nitrogens with zero attached hydrogens (tertiary/aromatic N) is 5. The van der Waals surface area contributed by atoms with Gasteiger partial charge in [0.2, 0.25) is 17.4 Å². The van der Waals surface area contributed by atoms with E-state index in [1.807, 2.05) is 25.3 Å². The third-order valence-electron chi connectivity index (χ3n) is 7.62. The van der Waals surface area contributed by atoms with Crippen LogP contribution in [0.2, 0.25) is 0 Å². The standard InChI is InChI=1S/C25H39N7O2/c1-14-9-11-16(12-10-14)13-32-18-21(27-15(2)17-7-6-8-17)28-23(20(26)31-34)29-22(18)30-24(32)19(33)25(3,4)5/h14-17,34H,6-13H2,1-5H3,(H2,26,31)(H,27,28,29)/t14-,15-,16-/m1/s1. The Hall–Kier alpha value is -2.71.